The van der Waals surface area contributed by atoms with Crippen molar-refractivity contribution in [2.45, 2.75) is 63.6 Å². The zero-order valence-corrected chi connectivity index (χ0v) is 22.6. The number of carbonyl (C=O) groups is 2. The highest BCUT2D eigenvalue weighted by molar-refractivity contribution is 7.07. The molecule has 200 valence electrons. The van der Waals surface area contributed by atoms with Gasteiger partial charge in [0.15, 0.2) is 0 Å². The SMILES string of the molecule is C=C[C@]1(NC(=O)OC(C)(C)C)CCCC[C@H]1Nc1ncc(C(N)=O)c(Nc2ccc(-c3cscn3)cc2)n1. The second-order valence-corrected chi connectivity index (χ2v) is 10.9. The van der Waals surface area contributed by atoms with Crippen molar-refractivity contribution in [3.8, 4) is 11.3 Å². The van der Waals surface area contributed by atoms with E-state index in [1.54, 1.807) is 11.6 Å². The van der Waals surface area contributed by atoms with Crippen LogP contribution < -0.4 is 21.7 Å². The highest BCUT2D eigenvalue weighted by Gasteiger charge is 2.41. The number of alkyl carbamates (subject to hydrolysis) is 1. The topological polar surface area (TPSA) is 144 Å². The molecule has 1 aromatic carbocycles. The van der Waals surface area contributed by atoms with E-state index in [9.17, 15) is 9.59 Å². The van der Waals surface area contributed by atoms with E-state index in [-0.39, 0.29) is 17.4 Å². The molecule has 5 N–H and O–H groups in total. The molecule has 38 heavy (non-hydrogen) atoms. The molecule has 10 nitrogen and oxygen atoms in total. The second-order valence-electron chi connectivity index (χ2n) is 10.2. The average molecular weight is 536 g/mol. The molecule has 4 rings (SSSR count). The number of ether oxygens (including phenoxy) is 1. The van der Waals surface area contributed by atoms with Crippen molar-refractivity contribution in [2.75, 3.05) is 10.6 Å². The Morgan fingerprint density at radius 2 is 1.97 bits per heavy atom. The minimum absolute atomic E-state index is 0.157. The summed E-state index contributed by atoms with van der Waals surface area (Å²) in [5, 5.41) is 11.5. The summed E-state index contributed by atoms with van der Waals surface area (Å²) in [6.45, 7) is 9.46. The van der Waals surface area contributed by atoms with E-state index >= 15 is 0 Å². The number of anilines is 3. The number of hydrogen-bond donors (Lipinski definition) is 4. The van der Waals surface area contributed by atoms with Crippen molar-refractivity contribution in [3.05, 3.63) is 59.6 Å². The largest absolute Gasteiger partial charge is 0.444 e. The van der Waals surface area contributed by atoms with Gasteiger partial charge in [-0.15, -0.1) is 17.9 Å². The van der Waals surface area contributed by atoms with E-state index in [1.807, 2.05) is 50.4 Å². The number of amides is 2. The highest BCUT2D eigenvalue weighted by atomic mass is 32.1. The molecule has 0 spiro atoms. The number of rotatable bonds is 8. The lowest BCUT2D eigenvalue weighted by Gasteiger charge is -2.43. The van der Waals surface area contributed by atoms with Crippen LogP contribution in [0, 0.1) is 0 Å². The molecular weight excluding hydrogens is 502 g/mol. The fourth-order valence-electron chi connectivity index (χ4n) is 4.44. The summed E-state index contributed by atoms with van der Waals surface area (Å²) in [4.78, 5) is 38.0. The predicted octanol–water partition coefficient (Wildman–Crippen LogP) is 5.25. The third-order valence-corrected chi connectivity index (χ3v) is 6.87. The van der Waals surface area contributed by atoms with Crippen molar-refractivity contribution in [2.24, 2.45) is 5.73 Å². The molecule has 0 saturated heterocycles. The summed E-state index contributed by atoms with van der Waals surface area (Å²) >= 11 is 1.53. The van der Waals surface area contributed by atoms with Crippen LogP contribution in [0.15, 0.2) is 54.0 Å². The molecule has 1 aliphatic carbocycles. The van der Waals surface area contributed by atoms with Gasteiger partial charge in [-0.2, -0.15) is 4.98 Å². The van der Waals surface area contributed by atoms with Gasteiger partial charge in [-0.3, -0.25) is 4.79 Å². The fourth-order valence-corrected chi connectivity index (χ4v) is 5.00. The zero-order chi connectivity index (χ0) is 27.3. The number of nitrogens with two attached hydrogens (primary N) is 1. The van der Waals surface area contributed by atoms with Gasteiger partial charge in [0.25, 0.3) is 5.91 Å². The molecule has 0 radical (unpaired) electrons. The van der Waals surface area contributed by atoms with Crippen LogP contribution in [0.25, 0.3) is 11.3 Å². The van der Waals surface area contributed by atoms with E-state index in [4.69, 9.17) is 10.5 Å². The van der Waals surface area contributed by atoms with Crippen LogP contribution in [0.4, 0.5) is 22.2 Å². The number of benzene rings is 1. The third-order valence-electron chi connectivity index (χ3n) is 6.29. The van der Waals surface area contributed by atoms with Crippen LogP contribution in [-0.4, -0.2) is 44.1 Å². The number of primary amides is 1. The standard InChI is InChI=1S/C27H33N7O3S/c1-5-27(34-25(36)37-26(2,3)4)13-7-6-8-21(27)32-24-29-14-19(22(28)35)23(33-24)31-18-11-9-17(10-12-18)20-15-38-16-30-20/h5,9-12,14-16,21H,1,6-8,13H2,2-4H3,(H2,28,35)(H,34,36)(H2,29,31,32,33)/t21-,27+/m1/s1. The molecular formula is C27H33N7O3S. The molecule has 1 fully saturated rings. The molecule has 0 aliphatic heterocycles. The Kier molecular flexibility index (Phi) is 7.96. The summed E-state index contributed by atoms with van der Waals surface area (Å²) in [5.41, 5.74) is 8.75. The maximum Gasteiger partial charge on any atom is 0.408 e. The Bertz CT molecular complexity index is 1290. The average Bonchev–Trinajstić information content (AvgIpc) is 3.40. The van der Waals surface area contributed by atoms with Crippen LogP contribution in [0.3, 0.4) is 0 Å². The predicted molar refractivity (Wildman–Crippen MR) is 150 cm³/mol. The van der Waals surface area contributed by atoms with Crippen LogP contribution in [0.2, 0.25) is 0 Å². The number of nitrogens with zero attached hydrogens (tertiary/aromatic N) is 3. The van der Waals surface area contributed by atoms with Gasteiger partial charge in [-0.25, -0.2) is 14.8 Å². The first kappa shape index (κ1) is 27.1. The molecule has 1 aliphatic rings. The van der Waals surface area contributed by atoms with E-state index in [2.05, 4.69) is 37.5 Å². The molecule has 0 bridgehead atoms. The molecule has 2 atom stereocenters. The summed E-state index contributed by atoms with van der Waals surface area (Å²) in [7, 11) is 0. The van der Waals surface area contributed by atoms with Gasteiger partial charge < -0.3 is 26.4 Å². The number of hydrogen-bond acceptors (Lipinski definition) is 9. The monoisotopic (exact) mass is 535 g/mol. The number of thiazole rings is 1. The normalized spacial score (nSPS) is 19.3. The zero-order valence-electron chi connectivity index (χ0n) is 21.8. The Labute approximate surface area is 226 Å². The van der Waals surface area contributed by atoms with Gasteiger partial charge in [0, 0.05) is 22.8 Å². The first-order valence-electron chi connectivity index (χ1n) is 12.4. The highest BCUT2D eigenvalue weighted by Crippen LogP contribution is 2.32. The van der Waals surface area contributed by atoms with Crippen LogP contribution in [0.5, 0.6) is 0 Å². The lowest BCUT2D eigenvalue weighted by molar-refractivity contribution is 0.0449. The Morgan fingerprint density at radius 3 is 2.61 bits per heavy atom. The van der Waals surface area contributed by atoms with Gasteiger partial charge in [0.05, 0.1) is 22.8 Å². The van der Waals surface area contributed by atoms with Gasteiger partial charge in [-0.05, 0) is 45.7 Å². The third kappa shape index (κ3) is 6.46. The first-order valence-corrected chi connectivity index (χ1v) is 13.4. The number of carbonyl (C=O) groups excluding carboxylic acids is 2. The Hall–Kier alpha value is -3.99. The minimum Gasteiger partial charge on any atom is -0.444 e. The molecule has 3 aromatic rings. The van der Waals surface area contributed by atoms with E-state index in [0.717, 1.165) is 36.2 Å². The van der Waals surface area contributed by atoms with Crippen molar-refractivity contribution in [3.63, 3.8) is 0 Å². The quantitative estimate of drug-likeness (QED) is 0.286. The van der Waals surface area contributed by atoms with Gasteiger partial charge in [-0.1, -0.05) is 31.1 Å². The van der Waals surface area contributed by atoms with Crippen LogP contribution >= 0.6 is 11.3 Å². The minimum atomic E-state index is -0.759. The van der Waals surface area contributed by atoms with Crippen LogP contribution in [-0.2, 0) is 4.74 Å². The Morgan fingerprint density at radius 1 is 1.21 bits per heavy atom. The molecule has 2 aromatic heterocycles. The van der Waals surface area contributed by atoms with Crippen LogP contribution in [0.1, 0.15) is 56.8 Å². The summed E-state index contributed by atoms with van der Waals surface area (Å²) in [6.07, 6.45) is 5.94. The number of aromatic nitrogens is 3. The summed E-state index contributed by atoms with van der Waals surface area (Å²) < 4.78 is 5.50. The van der Waals surface area contributed by atoms with Gasteiger partial charge in [0.1, 0.15) is 17.0 Å². The second kappa shape index (κ2) is 11.2. The lowest BCUT2D eigenvalue weighted by Crippen LogP contribution is -2.60. The number of nitrogens with one attached hydrogen (secondary N) is 3. The van der Waals surface area contributed by atoms with Gasteiger partial charge >= 0.3 is 6.09 Å². The lowest BCUT2D eigenvalue weighted by atomic mass is 9.77. The van der Waals surface area contributed by atoms with Gasteiger partial charge in [0.2, 0.25) is 5.95 Å². The van der Waals surface area contributed by atoms with Crippen molar-refractivity contribution in [1.82, 2.24) is 20.3 Å². The Balaban J connectivity index is 1.56. The first-order chi connectivity index (χ1) is 18.1. The molecule has 0 unspecified atom stereocenters. The van der Waals surface area contributed by atoms with Crippen molar-refractivity contribution in [1.29, 1.82) is 0 Å². The van der Waals surface area contributed by atoms with Crippen molar-refractivity contribution >= 4 is 40.8 Å². The smallest absolute Gasteiger partial charge is 0.408 e. The maximum absolute atomic E-state index is 12.7. The van der Waals surface area contributed by atoms with E-state index in [0.29, 0.717) is 12.4 Å². The van der Waals surface area contributed by atoms with E-state index in [1.165, 1.54) is 17.5 Å². The molecule has 2 heterocycles. The molecule has 1 saturated carbocycles. The molecule has 11 heteroatoms. The maximum atomic E-state index is 12.7. The summed E-state index contributed by atoms with van der Waals surface area (Å²) in [5.74, 6) is -0.0833. The molecule has 2 amide bonds. The summed E-state index contributed by atoms with van der Waals surface area (Å²) in [6, 6.07) is 7.38. The van der Waals surface area contributed by atoms with E-state index < -0.39 is 23.1 Å². The fraction of sp³-hybridized carbons (Fsp3) is 0.370. The van der Waals surface area contributed by atoms with Crippen molar-refractivity contribution < 1.29 is 14.3 Å².